The van der Waals surface area contributed by atoms with Crippen LogP contribution >= 0.6 is 0 Å². The molecule has 14 nitrogen and oxygen atoms in total. The summed E-state index contributed by atoms with van der Waals surface area (Å²) in [5, 5.41) is 30.4. The first-order valence-corrected chi connectivity index (χ1v) is 6.07. The van der Waals surface area contributed by atoms with Crippen LogP contribution in [0.25, 0.3) is 0 Å². The van der Waals surface area contributed by atoms with E-state index < -0.39 is 23.9 Å². The molecule has 0 atom stereocenters. The molecule has 0 aromatic rings. The highest BCUT2D eigenvalue weighted by Crippen LogP contribution is 1.45. The summed E-state index contributed by atoms with van der Waals surface area (Å²) < 4.78 is 0. The van der Waals surface area contributed by atoms with Crippen molar-refractivity contribution in [3.8, 4) is 0 Å². The minimum absolute atomic E-state index is 0.278. The fourth-order valence-electron chi connectivity index (χ4n) is 0. The van der Waals surface area contributed by atoms with Gasteiger partial charge < -0.3 is 54.8 Å². The van der Waals surface area contributed by atoms with Crippen LogP contribution in [0.4, 0.5) is 0 Å². The molecule has 0 saturated carbocycles. The van der Waals surface area contributed by atoms with Crippen LogP contribution < -0.4 is 34.4 Å². The summed E-state index contributed by atoms with van der Waals surface area (Å²) in [5.74, 6) is -3.87. The van der Waals surface area contributed by atoms with Crippen LogP contribution in [0.5, 0.6) is 0 Å². The largest absolute Gasteiger partial charge is 0.480 e. The molecule has 146 valence electrons. The Labute approximate surface area is 138 Å². The van der Waals surface area contributed by atoms with Crippen LogP contribution in [-0.4, -0.2) is 83.6 Å². The molecule has 0 aromatic heterocycles. The lowest BCUT2D eigenvalue weighted by molar-refractivity contribution is -0.136. The molecule has 0 spiro atoms. The van der Waals surface area contributed by atoms with Gasteiger partial charge in [-0.1, -0.05) is 0 Å². The summed E-state index contributed by atoms with van der Waals surface area (Å²) in [6, 6.07) is 0. The molecule has 0 radical (unpaired) electrons. The molecule has 0 saturated heterocycles. The predicted octanol–water partition coefficient (Wildman–Crippen LogP) is -4.98. The first-order valence-electron chi connectivity index (χ1n) is 6.07. The van der Waals surface area contributed by atoms with Gasteiger partial charge in [-0.3, -0.25) is 19.2 Å². The molecule has 0 aliphatic heterocycles. The topological polar surface area (TPSA) is 305 Å². The van der Waals surface area contributed by atoms with Crippen LogP contribution in [-0.2, 0) is 19.2 Å². The van der Waals surface area contributed by atoms with Crippen molar-refractivity contribution < 1.29 is 39.6 Å². The van der Waals surface area contributed by atoms with Gasteiger partial charge in [-0.15, -0.1) is 0 Å². The molecule has 0 rings (SSSR count). The number of carboxylic acids is 4. The number of aliphatic carboxylic acids is 4. The molecule has 24 heavy (non-hydrogen) atoms. The first-order chi connectivity index (χ1) is 11.0. The van der Waals surface area contributed by atoms with Crippen molar-refractivity contribution in [2.45, 2.75) is 0 Å². The molecule has 0 amide bonds. The monoisotopic (exact) mass is 360 g/mol. The van der Waals surface area contributed by atoms with Crippen LogP contribution in [0, 0.1) is 0 Å². The zero-order chi connectivity index (χ0) is 20.6. The minimum Gasteiger partial charge on any atom is -0.480 e. The van der Waals surface area contributed by atoms with E-state index in [1.165, 1.54) is 0 Å². The van der Waals surface area contributed by atoms with Crippen molar-refractivity contribution in [3.63, 3.8) is 0 Å². The van der Waals surface area contributed by atoms with Crippen molar-refractivity contribution in [2.24, 2.45) is 34.4 Å². The first kappa shape index (κ1) is 33.3. The summed E-state index contributed by atoms with van der Waals surface area (Å²) in [4.78, 5) is 37.0. The molecule has 0 aliphatic rings. The van der Waals surface area contributed by atoms with Crippen molar-refractivity contribution in [1.82, 2.24) is 0 Å². The fourth-order valence-corrected chi connectivity index (χ4v) is 0. The van der Waals surface area contributed by atoms with Gasteiger partial charge in [-0.05, 0) is 0 Å². The zero-order valence-corrected chi connectivity index (χ0v) is 13.1. The third kappa shape index (κ3) is 155. The van der Waals surface area contributed by atoms with E-state index in [0.717, 1.165) is 0 Å². The number of rotatable bonds is 5. The van der Waals surface area contributed by atoms with Crippen molar-refractivity contribution in [3.05, 3.63) is 0 Å². The lowest BCUT2D eigenvalue weighted by Crippen LogP contribution is -2.11. The van der Waals surface area contributed by atoms with Crippen LogP contribution in [0.3, 0.4) is 0 Å². The van der Waals surface area contributed by atoms with Crippen LogP contribution in [0.15, 0.2) is 0 Å². The highest BCUT2D eigenvalue weighted by molar-refractivity contribution is 5.69. The van der Waals surface area contributed by atoms with Gasteiger partial charge in [0, 0.05) is 13.1 Å². The summed E-state index contributed by atoms with van der Waals surface area (Å²) in [7, 11) is 0. The smallest absolute Gasteiger partial charge is 0.317 e. The molecule has 14 heteroatoms. The van der Waals surface area contributed by atoms with E-state index in [2.05, 4.69) is 22.9 Å². The van der Waals surface area contributed by atoms with E-state index in [9.17, 15) is 19.2 Å². The maximum atomic E-state index is 9.24. The number of carboxylic acid groups (broad SMARTS) is 4. The molecular formula is C10H28N6O8. The number of nitrogens with two attached hydrogens (primary N) is 6. The molecular weight excluding hydrogens is 332 g/mol. The maximum absolute atomic E-state index is 9.24. The van der Waals surface area contributed by atoms with Crippen LogP contribution in [0.1, 0.15) is 0 Å². The molecule has 0 heterocycles. The van der Waals surface area contributed by atoms with E-state index in [0.29, 0.717) is 13.1 Å². The van der Waals surface area contributed by atoms with Crippen molar-refractivity contribution in [1.29, 1.82) is 0 Å². The fraction of sp³-hybridized carbons (Fsp3) is 0.600. The average molecular weight is 360 g/mol. The standard InChI is InChI=1S/C2H8N2.4C2H5NO2/c3-1-2-4;4*3-1-2(4)5/h1-4H2;4*1,3H2,(H,4,5). The lowest BCUT2D eigenvalue weighted by atomic mass is 10.7. The molecule has 0 aromatic carbocycles. The van der Waals surface area contributed by atoms with Gasteiger partial charge >= 0.3 is 23.9 Å². The van der Waals surface area contributed by atoms with Gasteiger partial charge in [0.25, 0.3) is 0 Å². The Morgan fingerprint density at radius 2 is 0.542 bits per heavy atom. The second kappa shape index (κ2) is 32.5. The summed E-state index contributed by atoms with van der Waals surface area (Å²) >= 11 is 0. The molecule has 0 unspecified atom stereocenters. The predicted molar refractivity (Wildman–Crippen MR) is 84.9 cm³/mol. The number of hydrogen-bond donors (Lipinski definition) is 10. The highest BCUT2D eigenvalue weighted by Gasteiger charge is 1.82. The van der Waals surface area contributed by atoms with Gasteiger partial charge in [0.05, 0.1) is 26.2 Å². The second-order valence-electron chi connectivity index (χ2n) is 2.97. The Kier molecular flexibility index (Phi) is 45.2. The van der Waals surface area contributed by atoms with Gasteiger partial charge in [0.15, 0.2) is 0 Å². The molecule has 0 aliphatic carbocycles. The van der Waals surface area contributed by atoms with Crippen molar-refractivity contribution in [2.75, 3.05) is 39.3 Å². The summed E-state index contributed by atoms with van der Waals surface area (Å²) in [5.41, 5.74) is 28.1. The molecule has 16 N–H and O–H groups in total. The van der Waals surface area contributed by atoms with Crippen molar-refractivity contribution >= 4 is 23.9 Å². The Bertz CT molecular complexity index is 258. The van der Waals surface area contributed by atoms with E-state index >= 15 is 0 Å². The quantitative estimate of drug-likeness (QED) is 0.219. The zero-order valence-electron chi connectivity index (χ0n) is 13.1. The van der Waals surface area contributed by atoms with E-state index in [1.807, 2.05) is 0 Å². The SMILES string of the molecule is NCC(=O)O.NCC(=O)O.NCC(=O)O.NCC(=O)O.NCCN. The van der Waals surface area contributed by atoms with Gasteiger partial charge in [-0.25, -0.2) is 0 Å². The Balaban J connectivity index is -0.0000000628. The Morgan fingerprint density at radius 3 is 0.542 bits per heavy atom. The van der Waals surface area contributed by atoms with E-state index in [1.54, 1.807) is 0 Å². The van der Waals surface area contributed by atoms with Gasteiger partial charge in [0.1, 0.15) is 0 Å². The van der Waals surface area contributed by atoms with E-state index in [4.69, 9.17) is 31.9 Å². The second-order valence-corrected chi connectivity index (χ2v) is 2.97. The summed E-state index contributed by atoms with van der Waals surface area (Å²) in [6.45, 7) is 0.0833. The molecule has 0 fully saturated rings. The summed E-state index contributed by atoms with van der Waals surface area (Å²) in [6.07, 6.45) is 0. The van der Waals surface area contributed by atoms with Gasteiger partial charge in [-0.2, -0.15) is 0 Å². The average Bonchev–Trinajstić information content (AvgIpc) is 2.56. The molecule has 0 bridgehead atoms. The third-order valence-corrected chi connectivity index (χ3v) is 0.865. The van der Waals surface area contributed by atoms with Crippen LogP contribution in [0.2, 0.25) is 0 Å². The normalized spacial score (nSPS) is 7.42. The Morgan fingerprint density at radius 1 is 0.458 bits per heavy atom. The van der Waals surface area contributed by atoms with Gasteiger partial charge in [0.2, 0.25) is 0 Å². The maximum Gasteiger partial charge on any atom is 0.317 e. The Hall–Kier alpha value is -2.36. The lowest BCUT2D eigenvalue weighted by Gasteiger charge is -1.73. The highest BCUT2D eigenvalue weighted by atomic mass is 16.4. The third-order valence-electron chi connectivity index (χ3n) is 0.865. The van der Waals surface area contributed by atoms with E-state index in [-0.39, 0.29) is 26.2 Å². The number of carbonyl (C=O) groups is 4. The minimum atomic E-state index is -0.968. The number of hydrogen-bond acceptors (Lipinski definition) is 10.